The van der Waals surface area contributed by atoms with Crippen molar-refractivity contribution in [2.24, 2.45) is 17.3 Å². The van der Waals surface area contributed by atoms with Crippen LogP contribution >= 0.6 is 0 Å². The Morgan fingerprint density at radius 2 is 1.92 bits per heavy atom. The molecule has 1 fully saturated rings. The van der Waals surface area contributed by atoms with Crippen LogP contribution in [0.3, 0.4) is 0 Å². The average molecular weight is 168 g/mol. The summed E-state index contributed by atoms with van der Waals surface area (Å²) in [7, 11) is 0. The lowest BCUT2D eigenvalue weighted by Gasteiger charge is -2.24. The average Bonchev–Trinajstić information content (AvgIpc) is 2.65. The van der Waals surface area contributed by atoms with E-state index in [1.165, 1.54) is 12.8 Å². The van der Waals surface area contributed by atoms with Crippen LogP contribution in [0.2, 0.25) is 0 Å². The van der Waals surface area contributed by atoms with Crippen molar-refractivity contribution < 1.29 is 4.79 Å². The van der Waals surface area contributed by atoms with Gasteiger partial charge in [-0.05, 0) is 24.2 Å². The molecule has 0 bridgehead atoms. The van der Waals surface area contributed by atoms with Crippen LogP contribution in [0.4, 0.5) is 0 Å². The molecule has 0 aromatic heterocycles. The van der Waals surface area contributed by atoms with E-state index in [1.54, 1.807) is 0 Å². The number of rotatable bonds is 4. The highest BCUT2D eigenvalue weighted by Gasteiger charge is 2.39. The first kappa shape index (κ1) is 9.76. The molecule has 0 aromatic rings. The zero-order valence-corrected chi connectivity index (χ0v) is 8.68. The molecule has 0 aliphatic heterocycles. The zero-order chi connectivity index (χ0) is 9.35. The van der Waals surface area contributed by atoms with Crippen LogP contribution < -0.4 is 0 Å². The number of ketones is 1. The van der Waals surface area contributed by atoms with Crippen molar-refractivity contribution in [3.63, 3.8) is 0 Å². The first-order valence-electron chi connectivity index (χ1n) is 4.96. The molecule has 1 rings (SSSR count). The number of carbonyl (C=O) groups excluding carboxylic acids is 1. The van der Waals surface area contributed by atoms with Gasteiger partial charge in [-0.25, -0.2) is 0 Å². The van der Waals surface area contributed by atoms with E-state index in [0.717, 1.165) is 12.3 Å². The lowest BCUT2D eigenvalue weighted by atomic mass is 9.80. The van der Waals surface area contributed by atoms with Crippen LogP contribution in [-0.4, -0.2) is 5.78 Å². The van der Waals surface area contributed by atoms with Gasteiger partial charge in [-0.3, -0.25) is 4.79 Å². The molecule has 1 aliphatic rings. The molecule has 0 amide bonds. The molecule has 0 spiro atoms. The summed E-state index contributed by atoms with van der Waals surface area (Å²) in [5, 5.41) is 0. The SMILES string of the molecule is CC(C)C(=O)CC(C)(C)C1CC1. The molecule has 70 valence electrons. The van der Waals surface area contributed by atoms with Gasteiger partial charge in [-0.1, -0.05) is 27.7 Å². The van der Waals surface area contributed by atoms with E-state index in [9.17, 15) is 4.79 Å². The molecule has 12 heavy (non-hydrogen) atoms. The molecular formula is C11H20O. The van der Waals surface area contributed by atoms with Gasteiger partial charge in [0.2, 0.25) is 0 Å². The van der Waals surface area contributed by atoms with Crippen molar-refractivity contribution in [1.82, 2.24) is 0 Å². The van der Waals surface area contributed by atoms with Gasteiger partial charge in [0.15, 0.2) is 0 Å². The molecule has 0 N–H and O–H groups in total. The van der Waals surface area contributed by atoms with E-state index in [2.05, 4.69) is 13.8 Å². The summed E-state index contributed by atoms with van der Waals surface area (Å²) >= 11 is 0. The summed E-state index contributed by atoms with van der Waals surface area (Å²) < 4.78 is 0. The van der Waals surface area contributed by atoms with Crippen LogP contribution in [0.5, 0.6) is 0 Å². The Labute approximate surface area is 75.5 Å². The van der Waals surface area contributed by atoms with Gasteiger partial charge in [0.25, 0.3) is 0 Å². The van der Waals surface area contributed by atoms with Crippen molar-refractivity contribution >= 4 is 5.78 Å². The second-order valence-electron chi connectivity index (χ2n) is 5.06. The standard InChI is InChI=1S/C11H20O/c1-8(2)10(12)7-11(3,4)9-5-6-9/h8-9H,5-7H2,1-4H3. The first-order valence-corrected chi connectivity index (χ1v) is 4.96. The Balaban J connectivity index is 2.43. The molecule has 0 unspecified atom stereocenters. The summed E-state index contributed by atoms with van der Waals surface area (Å²) in [6.07, 6.45) is 3.44. The molecule has 1 aliphatic carbocycles. The third-order valence-corrected chi connectivity index (χ3v) is 2.96. The summed E-state index contributed by atoms with van der Waals surface area (Å²) in [4.78, 5) is 11.5. The predicted octanol–water partition coefficient (Wildman–Crippen LogP) is 3.04. The second-order valence-corrected chi connectivity index (χ2v) is 5.06. The van der Waals surface area contributed by atoms with Gasteiger partial charge in [-0.2, -0.15) is 0 Å². The lowest BCUT2D eigenvalue weighted by molar-refractivity contribution is -0.124. The molecule has 1 nitrogen and oxygen atoms in total. The van der Waals surface area contributed by atoms with Gasteiger partial charge in [0, 0.05) is 12.3 Å². The molecule has 0 atom stereocenters. The third kappa shape index (κ3) is 2.33. The fraction of sp³-hybridized carbons (Fsp3) is 0.909. The molecule has 1 heteroatoms. The maximum Gasteiger partial charge on any atom is 0.135 e. The molecule has 0 heterocycles. The maximum atomic E-state index is 11.5. The number of hydrogen-bond donors (Lipinski definition) is 0. The van der Waals surface area contributed by atoms with E-state index in [-0.39, 0.29) is 11.3 Å². The van der Waals surface area contributed by atoms with Crippen molar-refractivity contribution in [2.75, 3.05) is 0 Å². The Morgan fingerprint density at radius 3 is 2.25 bits per heavy atom. The van der Waals surface area contributed by atoms with E-state index in [1.807, 2.05) is 13.8 Å². The highest BCUT2D eigenvalue weighted by atomic mass is 16.1. The third-order valence-electron chi connectivity index (χ3n) is 2.96. The fourth-order valence-electron chi connectivity index (χ4n) is 1.66. The first-order chi connectivity index (χ1) is 5.43. The summed E-state index contributed by atoms with van der Waals surface area (Å²) in [6, 6.07) is 0. The zero-order valence-electron chi connectivity index (χ0n) is 8.68. The molecule has 0 radical (unpaired) electrons. The van der Waals surface area contributed by atoms with Crippen LogP contribution in [0.1, 0.15) is 47.0 Å². The summed E-state index contributed by atoms with van der Waals surface area (Å²) in [6.45, 7) is 8.44. The van der Waals surface area contributed by atoms with Gasteiger partial charge in [0.05, 0.1) is 0 Å². The summed E-state index contributed by atoms with van der Waals surface area (Å²) in [5.41, 5.74) is 0.265. The van der Waals surface area contributed by atoms with Gasteiger partial charge < -0.3 is 0 Å². The predicted molar refractivity (Wildman–Crippen MR) is 51.0 cm³/mol. The van der Waals surface area contributed by atoms with Crippen molar-refractivity contribution in [3.8, 4) is 0 Å². The second kappa shape index (κ2) is 3.20. The number of hydrogen-bond acceptors (Lipinski definition) is 1. The van der Waals surface area contributed by atoms with Crippen LogP contribution in [0.15, 0.2) is 0 Å². The van der Waals surface area contributed by atoms with Crippen LogP contribution in [0.25, 0.3) is 0 Å². The Hall–Kier alpha value is -0.330. The van der Waals surface area contributed by atoms with Gasteiger partial charge in [0.1, 0.15) is 5.78 Å². The Kier molecular flexibility index (Phi) is 2.60. The quantitative estimate of drug-likeness (QED) is 0.630. The minimum absolute atomic E-state index is 0.211. The van der Waals surface area contributed by atoms with Crippen molar-refractivity contribution in [1.29, 1.82) is 0 Å². The summed E-state index contributed by atoms with van der Waals surface area (Å²) in [5.74, 6) is 1.45. The monoisotopic (exact) mass is 168 g/mol. The topological polar surface area (TPSA) is 17.1 Å². The molecule has 0 aromatic carbocycles. The van der Waals surface area contributed by atoms with Crippen molar-refractivity contribution in [2.45, 2.75) is 47.0 Å². The Bertz CT molecular complexity index is 175. The van der Waals surface area contributed by atoms with E-state index >= 15 is 0 Å². The minimum atomic E-state index is 0.211. The van der Waals surface area contributed by atoms with Crippen LogP contribution in [0, 0.1) is 17.3 Å². The molecule has 0 saturated heterocycles. The van der Waals surface area contributed by atoms with E-state index in [4.69, 9.17) is 0 Å². The fourth-order valence-corrected chi connectivity index (χ4v) is 1.66. The normalized spacial score (nSPS) is 18.4. The van der Waals surface area contributed by atoms with Crippen molar-refractivity contribution in [3.05, 3.63) is 0 Å². The van der Waals surface area contributed by atoms with Crippen LogP contribution in [-0.2, 0) is 4.79 Å². The molecular weight excluding hydrogens is 148 g/mol. The van der Waals surface area contributed by atoms with Gasteiger partial charge in [-0.15, -0.1) is 0 Å². The Morgan fingerprint density at radius 1 is 1.42 bits per heavy atom. The molecule has 1 saturated carbocycles. The minimum Gasteiger partial charge on any atom is -0.299 e. The van der Waals surface area contributed by atoms with E-state index in [0.29, 0.717) is 5.78 Å². The largest absolute Gasteiger partial charge is 0.299 e. The highest BCUT2D eigenvalue weighted by molar-refractivity contribution is 5.80. The smallest absolute Gasteiger partial charge is 0.135 e. The van der Waals surface area contributed by atoms with E-state index < -0.39 is 0 Å². The lowest BCUT2D eigenvalue weighted by Crippen LogP contribution is -2.22. The maximum absolute atomic E-state index is 11.5. The van der Waals surface area contributed by atoms with Gasteiger partial charge >= 0.3 is 0 Å². The number of Topliss-reactive ketones (excluding diaryl/α,β-unsaturated/α-hetero) is 1. The highest BCUT2D eigenvalue weighted by Crippen LogP contribution is 2.47. The number of carbonyl (C=O) groups is 1.